The Labute approximate surface area is 129 Å². The van der Waals surface area contributed by atoms with Gasteiger partial charge in [0.25, 0.3) is 0 Å². The third-order valence-electron chi connectivity index (χ3n) is 2.53. The third kappa shape index (κ3) is 4.16. The van der Waals surface area contributed by atoms with Crippen LogP contribution in [0.5, 0.6) is 0 Å². The molecule has 0 saturated heterocycles. The van der Waals surface area contributed by atoms with Crippen LogP contribution in [0, 0.1) is 0 Å². The average Bonchev–Trinajstić information content (AvgIpc) is 2.99. The number of benzene rings is 1. The number of hydrogen-bond acceptors (Lipinski definition) is 8. The Kier molecular flexibility index (Phi) is 5.15. The summed E-state index contributed by atoms with van der Waals surface area (Å²) in [5, 5.41) is 18.9. The topological polar surface area (TPSA) is 119 Å². The Morgan fingerprint density at radius 2 is 2.10 bits per heavy atom. The second kappa shape index (κ2) is 6.87. The lowest BCUT2D eigenvalue weighted by Gasteiger charge is -2.05. The first-order valence-corrected chi connectivity index (χ1v) is 9.24. The van der Waals surface area contributed by atoms with E-state index >= 15 is 0 Å². The first kappa shape index (κ1) is 15.7. The first-order chi connectivity index (χ1) is 10.0. The molecule has 0 amide bonds. The fourth-order valence-corrected chi connectivity index (χ4v) is 4.68. The van der Waals surface area contributed by atoms with Gasteiger partial charge in [0.2, 0.25) is 0 Å². The molecule has 0 atom stereocenters. The average molecular weight is 344 g/mol. The molecule has 112 valence electrons. The van der Waals surface area contributed by atoms with Crippen molar-refractivity contribution in [2.75, 3.05) is 11.5 Å². The Bertz CT molecular complexity index is 712. The van der Waals surface area contributed by atoms with Gasteiger partial charge in [-0.1, -0.05) is 28.3 Å². The monoisotopic (exact) mass is 344 g/mol. The van der Waals surface area contributed by atoms with E-state index in [9.17, 15) is 8.42 Å². The van der Waals surface area contributed by atoms with E-state index in [4.69, 9.17) is 10.9 Å². The number of thioether (sulfide) groups is 1. The molecule has 10 heteroatoms. The lowest BCUT2D eigenvalue weighted by Crippen LogP contribution is -2.14. The van der Waals surface area contributed by atoms with Crippen LogP contribution in [0.1, 0.15) is 5.56 Å². The Morgan fingerprint density at radius 1 is 1.38 bits per heavy atom. The van der Waals surface area contributed by atoms with Crippen LogP contribution >= 0.6 is 23.1 Å². The van der Waals surface area contributed by atoms with Gasteiger partial charge in [0.15, 0.2) is 20.0 Å². The summed E-state index contributed by atoms with van der Waals surface area (Å²) in [4.78, 5) is 0.204. The van der Waals surface area contributed by atoms with Crippen molar-refractivity contribution in [1.29, 1.82) is 0 Å². The second-order valence-corrected chi connectivity index (χ2v) is 8.17. The lowest BCUT2D eigenvalue weighted by molar-refractivity contribution is 0.318. The molecule has 0 saturated carbocycles. The molecule has 21 heavy (non-hydrogen) atoms. The van der Waals surface area contributed by atoms with Crippen LogP contribution in [0.25, 0.3) is 0 Å². The molecule has 0 unspecified atom stereocenters. The van der Waals surface area contributed by atoms with Crippen LogP contribution in [-0.4, -0.2) is 41.2 Å². The molecule has 0 radical (unpaired) electrons. The van der Waals surface area contributed by atoms with Crippen LogP contribution in [0.3, 0.4) is 0 Å². The lowest BCUT2D eigenvalue weighted by atomic mass is 10.2. The highest BCUT2D eigenvalue weighted by molar-refractivity contribution is 8.02. The zero-order chi connectivity index (χ0) is 15.3. The number of nitrogens with two attached hydrogens (primary N) is 1. The molecule has 1 aromatic carbocycles. The molecule has 0 aliphatic rings. The maximum absolute atomic E-state index is 12.2. The van der Waals surface area contributed by atoms with Crippen molar-refractivity contribution in [2.24, 2.45) is 10.9 Å². The van der Waals surface area contributed by atoms with Gasteiger partial charge < -0.3 is 10.9 Å². The van der Waals surface area contributed by atoms with Crippen molar-refractivity contribution in [1.82, 2.24) is 10.2 Å². The van der Waals surface area contributed by atoms with Crippen LogP contribution in [0.4, 0.5) is 0 Å². The number of aromatic nitrogens is 2. The van der Waals surface area contributed by atoms with Crippen molar-refractivity contribution in [3.8, 4) is 0 Å². The van der Waals surface area contributed by atoms with Gasteiger partial charge in [-0.3, -0.25) is 0 Å². The van der Waals surface area contributed by atoms with Crippen LogP contribution in [-0.2, 0) is 9.84 Å². The van der Waals surface area contributed by atoms with Crippen molar-refractivity contribution in [3.05, 3.63) is 35.3 Å². The normalized spacial score (nSPS) is 12.5. The third-order valence-corrected chi connectivity index (χ3v) is 6.39. The molecular weight excluding hydrogens is 332 g/mol. The number of rotatable bonds is 6. The molecule has 0 aliphatic carbocycles. The van der Waals surface area contributed by atoms with Crippen molar-refractivity contribution in [2.45, 2.75) is 9.24 Å². The SMILES string of the molecule is N/C(=N/O)c1ccc(S(=O)(=O)CCSc2nncs2)cc1. The highest BCUT2D eigenvalue weighted by atomic mass is 32.2. The summed E-state index contributed by atoms with van der Waals surface area (Å²) in [6.07, 6.45) is 0. The summed E-state index contributed by atoms with van der Waals surface area (Å²) in [7, 11) is -3.37. The minimum absolute atomic E-state index is 0.000163. The molecule has 1 aromatic heterocycles. The Morgan fingerprint density at radius 3 is 2.67 bits per heavy atom. The maximum Gasteiger partial charge on any atom is 0.179 e. The number of nitrogens with zero attached hydrogens (tertiary/aromatic N) is 3. The van der Waals surface area contributed by atoms with Gasteiger partial charge >= 0.3 is 0 Å². The predicted molar refractivity (Wildman–Crippen MR) is 81.6 cm³/mol. The summed E-state index contributed by atoms with van der Waals surface area (Å²) in [6, 6.07) is 5.89. The number of sulfone groups is 1. The standard InChI is InChI=1S/C11H12N4O3S3/c12-10(15-16)8-1-3-9(4-2-8)21(17,18)6-5-19-11-14-13-7-20-11/h1-4,7,16H,5-6H2,(H2,12,15). The van der Waals surface area contributed by atoms with Gasteiger partial charge in [-0.25, -0.2) is 8.42 Å². The van der Waals surface area contributed by atoms with Gasteiger partial charge in [0.05, 0.1) is 10.6 Å². The summed E-state index contributed by atoms with van der Waals surface area (Å²) in [5.41, 5.74) is 7.48. The molecular formula is C11H12N4O3S3. The summed E-state index contributed by atoms with van der Waals surface area (Å²) in [6.45, 7) is 0. The van der Waals surface area contributed by atoms with E-state index in [-0.39, 0.29) is 16.5 Å². The fourth-order valence-electron chi connectivity index (χ4n) is 1.47. The van der Waals surface area contributed by atoms with E-state index < -0.39 is 9.84 Å². The van der Waals surface area contributed by atoms with E-state index in [2.05, 4.69) is 15.4 Å². The Hall–Kier alpha value is -1.65. The number of oxime groups is 1. The quantitative estimate of drug-likeness (QED) is 0.266. The highest BCUT2D eigenvalue weighted by Gasteiger charge is 2.15. The summed E-state index contributed by atoms with van der Waals surface area (Å²) in [5.74, 6) is 0.338. The van der Waals surface area contributed by atoms with Gasteiger partial charge in [-0.05, 0) is 24.3 Å². The van der Waals surface area contributed by atoms with Crippen molar-refractivity contribution < 1.29 is 13.6 Å². The molecule has 0 fully saturated rings. The van der Waals surface area contributed by atoms with E-state index in [0.717, 1.165) is 4.34 Å². The number of hydrogen-bond donors (Lipinski definition) is 2. The summed E-state index contributed by atoms with van der Waals surface area (Å²) < 4.78 is 25.1. The van der Waals surface area contributed by atoms with Gasteiger partial charge in [-0.2, -0.15) is 0 Å². The molecule has 2 rings (SSSR count). The van der Waals surface area contributed by atoms with Crippen molar-refractivity contribution in [3.63, 3.8) is 0 Å². The van der Waals surface area contributed by atoms with E-state index in [1.807, 2.05) is 0 Å². The van der Waals surface area contributed by atoms with Crippen LogP contribution in [0.15, 0.2) is 44.2 Å². The highest BCUT2D eigenvalue weighted by Crippen LogP contribution is 2.21. The molecule has 0 bridgehead atoms. The largest absolute Gasteiger partial charge is 0.409 e. The molecule has 2 aromatic rings. The minimum Gasteiger partial charge on any atom is -0.409 e. The van der Waals surface area contributed by atoms with Crippen molar-refractivity contribution >= 4 is 38.8 Å². The Balaban J connectivity index is 2.02. The first-order valence-electron chi connectivity index (χ1n) is 5.72. The zero-order valence-electron chi connectivity index (χ0n) is 10.7. The molecule has 1 heterocycles. The van der Waals surface area contributed by atoms with Crippen LogP contribution < -0.4 is 5.73 Å². The van der Waals surface area contributed by atoms with E-state index in [0.29, 0.717) is 11.3 Å². The summed E-state index contributed by atoms with van der Waals surface area (Å²) >= 11 is 2.73. The molecule has 3 N–H and O–H groups in total. The van der Waals surface area contributed by atoms with E-state index in [1.54, 1.807) is 5.51 Å². The zero-order valence-corrected chi connectivity index (χ0v) is 13.2. The second-order valence-electron chi connectivity index (χ2n) is 3.88. The number of amidine groups is 1. The molecule has 0 aliphatic heterocycles. The predicted octanol–water partition coefficient (Wildman–Crippen LogP) is 1.20. The van der Waals surface area contributed by atoms with Gasteiger partial charge in [0, 0.05) is 11.3 Å². The minimum atomic E-state index is -3.37. The molecule has 0 spiro atoms. The fraction of sp³-hybridized carbons (Fsp3) is 0.182. The van der Waals surface area contributed by atoms with E-state index in [1.165, 1.54) is 47.4 Å². The van der Waals surface area contributed by atoms with Gasteiger partial charge in [-0.15, -0.1) is 10.2 Å². The van der Waals surface area contributed by atoms with Gasteiger partial charge in [0.1, 0.15) is 5.51 Å². The maximum atomic E-state index is 12.2. The van der Waals surface area contributed by atoms with Crippen LogP contribution in [0.2, 0.25) is 0 Å². The molecule has 7 nitrogen and oxygen atoms in total. The smallest absolute Gasteiger partial charge is 0.179 e.